The Morgan fingerprint density at radius 3 is 1.23 bits per heavy atom. The summed E-state index contributed by atoms with van der Waals surface area (Å²) in [6.07, 6.45) is 9.17. The lowest BCUT2D eigenvalue weighted by atomic mass is 10.0. The first-order valence-electron chi connectivity index (χ1n) is 42.8. The van der Waals surface area contributed by atoms with Crippen LogP contribution in [0.4, 0.5) is 0 Å². The number of hydrogen-bond donors (Lipinski definition) is 1. The Kier molecular flexibility index (Phi) is 25.0. The molecule has 1 fully saturated rings. The lowest BCUT2D eigenvalue weighted by Gasteiger charge is -2.25. The molecule has 5 aliphatic rings. The van der Waals surface area contributed by atoms with Gasteiger partial charge in [0.1, 0.15) is 54.7 Å². The molecule has 1 N–H and O–H groups in total. The van der Waals surface area contributed by atoms with Gasteiger partial charge in [-0.3, -0.25) is 28.1 Å². The first kappa shape index (κ1) is 85.6. The van der Waals surface area contributed by atoms with E-state index in [9.17, 15) is 24.3 Å². The maximum absolute atomic E-state index is 12.6. The summed E-state index contributed by atoms with van der Waals surface area (Å²) in [7, 11) is 2.07. The molecule has 128 heavy (non-hydrogen) atoms. The van der Waals surface area contributed by atoms with Crippen LogP contribution in [0, 0.1) is 41.5 Å². The molecule has 13 heterocycles. The average molecular weight is 1720 g/mol. The monoisotopic (exact) mass is 1720 g/mol. The van der Waals surface area contributed by atoms with Gasteiger partial charge in [0.25, 0.3) is 0 Å². The van der Waals surface area contributed by atoms with Crippen molar-refractivity contribution in [3.05, 3.63) is 312 Å². The fourth-order valence-electron chi connectivity index (χ4n) is 16.8. The van der Waals surface area contributed by atoms with Gasteiger partial charge >= 0.3 is 23.9 Å². The molecule has 654 valence electrons. The molecule has 0 saturated carbocycles. The smallest absolute Gasteiger partial charge is 0.358 e. The number of aryl methyl sites for hydroxylation is 6. The Balaban J connectivity index is 0.000000120. The molecule has 0 spiro atoms. The summed E-state index contributed by atoms with van der Waals surface area (Å²) in [5, 5.41) is 45.6. The number of carbonyl (C=O) groups excluding carboxylic acids is 4. The van der Waals surface area contributed by atoms with Gasteiger partial charge in [-0.25, -0.2) is 57.8 Å². The zero-order valence-electron chi connectivity index (χ0n) is 73.3. The third-order valence-corrected chi connectivity index (χ3v) is 23.0. The molecule has 33 heteroatoms. The molecule has 0 atom stereocenters. The number of carbonyl (C=O) groups is 4. The van der Waals surface area contributed by atoms with Crippen molar-refractivity contribution in [3.8, 4) is 51.2 Å². The van der Waals surface area contributed by atoms with E-state index >= 15 is 0 Å². The van der Waals surface area contributed by atoms with Crippen LogP contribution in [0.1, 0.15) is 188 Å². The van der Waals surface area contributed by atoms with Crippen molar-refractivity contribution in [2.75, 3.05) is 59.8 Å². The van der Waals surface area contributed by atoms with E-state index in [1.54, 1.807) is 57.7 Å². The second-order valence-corrected chi connectivity index (χ2v) is 32.0. The zero-order chi connectivity index (χ0) is 89.0. The van der Waals surface area contributed by atoms with Crippen LogP contribution < -0.4 is 4.74 Å². The van der Waals surface area contributed by atoms with Crippen LogP contribution in [0.2, 0.25) is 0 Å². The lowest BCUT2D eigenvalue weighted by molar-refractivity contribution is 0.0335. The topological polar surface area (TPSA) is 344 Å². The number of aliphatic hydroxyl groups is 1. The van der Waals surface area contributed by atoms with E-state index in [2.05, 4.69) is 159 Å². The van der Waals surface area contributed by atoms with Gasteiger partial charge in [0.15, 0.2) is 22.8 Å². The number of nitrogens with zero attached hydrogens (tertiary/aromatic N) is 22. The Hall–Kier alpha value is -14.5. The van der Waals surface area contributed by atoms with Crippen LogP contribution in [-0.2, 0) is 88.6 Å². The summed E-state index contributed by atoms with van der Waals surface area (Å²) in [5.74, 6) is -0.926. The van der Waals surface area contributed by atoms with Gasteiger partial charge in [0.05, 0.1) is 143 Å². The molecule has 5 aliphatic heterocycles. The Morgan fingerprint density at radius 1 is 0.391 bits per heavy atom. The highest BCUT2D eigenvalue weighted by molar-refractivity contribution is 5.91. The third-order valence-electron chi connectivity index (χ3n) is 23.0. The normalized spacial score (nSPS) is 12.9. The first-order valence-corrected chi connectivity index (χ1v) is 42.8. The summed E-state index contributed by atoms with van der Waals surface area (Å²) < 4.78 is 47.8. The molecule has 0 bridgehead atoms. The largest absolute Gasteiger partial charge is 0.487 e. The fraction of sp³-hybridized carbons (Fsp3) is 0.305. The molecule has 1 saturated heterocycles. The highest BCUT2D eigenvalue weighted by Crippen LogP contribution is 2.38. The molecule has 15 aromatic rings. The molecule has 33 nitrogen and oxygen atoms in total. The average Bonchev–Trinajstić information content (AvgIpc) is 1.61. The van der Waals surface area contributed by atoms with Crippen molar-refractivity contribution < 1.29 is 52.7 Å². The van der Waals surface area contributed by atoms with Gasteiger partial charge in [-0.05, 0) is 170 Å². The van der Waals surface area contributed by atoms with E-state index < -0.39 is 23.9 Å². The summed E-state index contributed by atoms with van der Waals surface area (Å²) in [5.41, 5.74) is 28.3. The van der Waals surface area contributed by atoms with Crippen molar-refractivity contribution >= 4 is 23.9 Å². The number of aromatic nitrogens is 20. The van der Waals surface area contributed by atoms with E-state index in [-0.39, 0.29) is 25.5 Å². The standard InChI is InChI=1S/C25H26N6O2.C25H25N5O4.C24H23N5O2.C21H24N6O3/c1-4-33-25(32)24-23-13-21-19(15-29(3)14-18-8-6-5-7-9-18)27-28-31(21)22-12-17(2)10-11-20(22)30(23)16-26-24;1-4-33-25(32)24-22-11-20-18(13-34-23-8-5-15(2)9-16(23)3)27-28-30(20)21-10-17(12-31)6-7-19(21)29(22)14-26-24;1-4-31-24(30)23-22-13-20-18(12-17-7-5-6-15(2)10-17)26-27-29(20)21-11-16(3)8-9-19(21)28(22)14-25-23;1-3-30-21(28)20-19-11-17-15(12-25-6-8-29-9-7-25)23-24-27(17)18-10-14(2)4-5-16(18)26(19)13-22-20/h5-12,16H,4,13-15H2,1-3H3;5-10,14,31H,4,11-13H2,1-3H3;5-11,14H,4,12-13H2,1-3H3;4-5,10,13H,3,6-9,11-12H2,1-2H3. The molecular weight excluding hydrogens is 1630 g/mol. The number of aliphatic hydroxyl groups excluding tert-OH is 1. The molecular formula is C95H98N22O11. The molecule has 0 radical (unpaired) electrons. The van der Waals surface area contributed by atoms with Crippen molar-refractivity contribution in [1.82, 2.24) is 108 Å². The number of rotatable bonds is 20. The number of hydrogen-bond acceptors (Lipinski definition) is 25. The van der Waals surface area contributed by atoms with Gasteiger partial charge in [-0.2, -0.15) is 0 Å². The number of imidazole rings is 4. The molecule has 0 unspecified atom stereocenters. The van der Waals surface area contributed by atoms with Gasteiger partial charge in [-0.15, -0.1) is 20.4 Å². The summed E-state index contributed by atoms with van der Waals surface area (Å²) in [6, 6.07) is 48.8. The number of morpholine rings is 1. The van der Waals surface area contributed by atoms with E-state index in [1.807, 2.05) is 138 Å². The Morgan fingerprint density at radius 2 is 0.781 bits per heavy atom. The van der Waals surface area contributed by atoms with E-state index in [0.717, 1.165) is 169 Å². The Labute approximate surface area is 738 Å². The molecule has 7 aromatic carbocycles. The van der Waals surface area contributed by atoms with Crippen LogP contribution in [0.5, 0.6) is 5.75 Å². The van der Waals surface area contributed by atoms with Gasteiger partial charge < -0.3 is 33.5 Å². The molecule has 8 aromatic heterocycles. The minimum absolute atomic E-state index is 0.106. The summed E-state index contributed by atoms with van der Waals surface area (Å²) >= 11 is 0. The number of ether oxygens (including phenoxy) is 6. The van der Waals surface area contributed by atoms with E-state index in [4.69, 9.17) is 28.4 Å². The van der Waals surface area contributed by atoms with Crippen LogP contribution in [0.15, 0.2) is 171 Å². The van der Waals surface area contributed by atoms with E-state index in [1.165, 1.54) is 22.3 Å². The second-order valence-electron chi connectivity index (χ2n) is 32.0. The van der Waals surface area contributed by atoms with Gasteiger partial charge in [0, 0.05) is 64.8 Å². The molecule has 20 rings (SSSR count). The summed E-state index contributed by atoms with van der Waals surface area (Å²) in [6.45, 7) is 26.0. The third kappa shape index (κ3) is 17.4. The Bertz CT molecular complexity index is 6670. The predicted molar refractivity (Wildman–Crippen MR) is 471 cm³/mol. The van der Waals surface area contributed by atoms with Crippen molar-refractivity contribution in [1.29, 1.82) is 0 Å². The van der Waals surface area contributed by atoms with Crippen molar-refractivity contribution in [2.24, 2.45) is 0 Å². The van der Waals surface area contributed by atoms with Crippen molar-refractivity contribution in [2.45, 2.75) is 134 Å². The van der Waals surface area contributed by atoms with Gasteiger partial charge in [0.2, 0.25) is 0 Å². The van der Waals surface area contributed by atoms with Gasteiger partial charge in [-0.1, -0.05) is 123 Å². The molecule has 0 aliphatic carbocycles. The SMILES string of the molecule is CCOC(=O)c1ncn2c1Cc1c(CN(C)Cc3ccccc3)nnn1-c1cc(C)ccc1-2.CCOC(=O)c1ncn2c1Cc1c(CN3CCOCC3)nnn1-c1cc(C)ccc1-2.CCOC(=O)c1ncn2c1Cc1c(COc3ccc(C)cc3C)nnn1-c1cc(CO)ccc1-2.CCOC(=O)c1ncn2c1Cc1c(Cc3cccc(C)c3)nnn1-c1cc(C)ccc1-2. The maximum Gasteiger partial charge on any atom is 0.358 e. The second kappa shape index (κ2) is 37.3. The molecule has 0 amide bonds. The highest BCUT2D eigenvalue weighted by atomic mass is 16.5. The first-order chi connectivity index (χ1) is 62.2. The number of esters is 4. The summed E-state index contributed by atoms with van der Waals surface area (Å²) in [4.78, 5) is 72.5. The highest BCUT2D eigenvalue weighted by Gasteiger charge is 2.36. The number of fused-ring (bicyclic) bond motifs is 20. The van der Waals surface area contributed by atoms with Crippen LogP contribution in [0.25, 0.3) is 45.5 Å². The fourth-order valence-corrected chi connectivity index (χ4v) is 16.8. The van der Waals surface area contributed by atoms with E-state index in [0.29, 0.717) is 93.5 Å². The number of benzene rings is 7. The van der Waals surface area contributed by atoms with Crippen molar-refractivity contribution in [3.63, 3.8) is 0 Å². The quantitative estimate of drug-likeness (QED) is 0.0547. The predicted octanol–water partition coefficient (Wildman–Crippen LogP) is 12.1. The van der Waals surface area contributed by atoms with Crippen LogP contribution in [-0.4, -0.2) is 197 Å². The lowest BCUT2D eigenvalue weighted by Crippen LogP contribution is -2.36. The maximum atomic E-state index is 12.6. The zero-order valence-corrected chi connectivity index (χ0v) is 73.3. The van der Waals surface area contributed by atoms with Crippen LogP contribution in [0.3, 0.4) is 0 Å². The van der Waals surface area contributed by atoms with Crippen LogP contribution >= 0.6 is 0 Å². The minimum Gasteiger partial charge on any atom is -0.487 e. The minimum atomic E-state index is -0.473.